The Kier molecular flexibility index (Phi) is 6.27. The lowest BCUT2D eigenvalue weighted by atomic mass is 10.2. The van der Waals surface area contributed by atoms with Crippen LogP contribution in [0, 0.1) is 0 Å². The molecule has 0 aliphatic carbocycles. The molecule has 90 valence electrons. The van der Waals surface area contributed by atoms with Gasteiger partial charge in [0, 0.05) is 13.7 Å². The molecule has 0 saturated carbocycles. The van der Waals surface area contributed by atoms with E-state index in [-0.39, 0.29) is 12.6 Å². The summed E-state index contributed by atoms with van der Waals surface area (Å²) in [5.41, 5.74) is -0.522. The zero-order chi connectivity index (χ0) is 11.9. The molecular weight excluding hydrogens is 198 g/mol. The molecule has 5 heteroatoms. The highest BCUT2D eigenvalue weighted by atomic mass is 16.6. The van der Waals surface area contributed by atoms with E-state index in [1.807, 2.05) is 0 Å². The Morgan fingerprint density at radius 3 is 2.47 bits per heavy atom. The average Bonchev–Trinajstić information content (AvgIpc) is 2.09. The number of carbonyl (C=O) groups is 1. The van der Waals surface area contributed by atoms with Crippen molar-refractivity contribution in [3.63, 3.8) is 0 Å². The van der Waals surface area contributed by atoms with Gasteiger partial charge in [-0.05, 0) is 27.2 Å². The van der Waals surface area contributed by atoms with Crippen LogP contribution in [0.3, 0.4) is 0 Å². The SMILES string of the molecule is COCCC(CO)NC(=O)OC(C)(C)C. The minimum Gasteiger partial charge on any atom is -0.444 e. The predicted molar refractivity (Wildman–Crippen MR) is 56.7 cm³/mol. The molecule has 0 rings (SSSR count). The third-order valence-electron chi connectivity index (χ3n) is 1.61. The van der Waals surface area contributed by atoms with E-state index in [2.05, 4.69) is 5.32 Å². The summed E-state index contributed by atoms with van der Waals surface area (Å²) < 4.78 is 9.90. The summed E-state index contributed by atoms with van der Waals surface area (Å²) in [5.74, 6) is 0. The van der Waals surface area contributed by atoms with Crippen molar-refractivity contribution in [1.29, 1.82) is 0 Å². The van der Waals surface area contributed by atoms with Crippen LogP contribution in [-0.2, 0) is 9.47 Å². The maximum absolute atomic E-state index is 11.3. The summed E-state index contributed by atoms with van der Waals surface area (Å²) >= 11 is 0. The molecule has 15 heavy (non-hydrogen) atoms. The van der Waals surface area contributed by atoms with Gasteiger partial charge in [-0.3, -0.25) is 0 Å². The normalized spacial score (nSPS) is 13.4. The highest BCUT2D eigenvalue weighted by Gasteiger charge is 2.18. The third-order valence-corrected chi connectivity index (χ3v) is 1.61. The summed E-state index contributed by atoms with van der Waals surface area (Å²) in [6.45, 7) is 5.73. The molecule has 0 fully saturated rings. The van der Waals surface area contributed by atoms with Gasteiger partial charge in [-0.1, -0.05) is 0 Å². The maximum atomic E-state index is 11.3. The summed E-state index contributed by atoms with van der Waals surface area (Å²) in [6.07, 6.45) is 0.0457. The van der Waals surface area contributed by atoms with E-state index in [9.17, 15) is 4.79 Å². The van der Waals surface area contributed by atoms with Gasteiger partial charge in [-0.25, -0.2) is 4.79 Å². The van der Waals surface area contributed by atoms with Crippen molar-refractivity contribution in [3.05, 3.63) is 0 Å². The second kappa shape index (κ2) is 6.63. The van der Waals surface area contributed by atoms with Crippen LogP contribution < -0.4 is 5.32 Å². The van der Waals surface area contributed by atoms with E-state index in [1.54, 1.807) is 27.9 Å². The van der Waals surface area contributed by atoms with Crippen molar-refractivity contribution in [1.82, 2.24) is 5.32 Å². The van der Waals surface area contributed by atoms with Crippen molar-refractivity contribution >= 4 is 6.09 Å². The highest BCUT2D eigenvalue weighted by Crippen LogP contribution is 2.07. The first-order valence-corrected chi connectivity index (χ1v) is 4.98. The van der Waals surface area contributed by atoms with Crippen LogP contribution >= 0.6 is 0 Å². The Labute approximate surface area is 90.8 Å². The van der Waals surface area contributed by atoms with E-state index >= 15 is 0 Å². The van der Waals surface area contributed by atoms with E-state index in [4.69, 9.17) is 14.6 Å². The Balaban J connectivity index is 3.91. The molecule has 0 aromatic carbocycles. The van der Waals surface area contributed by atoms with Gasteiger partial charge in [-0.15, -0.1) is 0 Å². The topological polar surface area (TPSA) is 67.8 Å². The monoisotopic (exact) mass is 219 g/mol. The fraction of sp³-hybridized carbons (Fsp3) is 0.900. The van der Waals surface area contributed by atoms with Gasteiger partial charge in [0.1, 0.15) is 5.60 Å². The summed E-state index contributed by atoms with van der Waals surface area (Å²) in [4.78, 5) is 11.3. The first-order chi connectivity index (χ1) is 6.89. The smallest absolute Gasteiger partial charge is 0.407 e. The summed E-state index contributed by atoms with van der Waals surface area (Å²) in [6, 6.07) is -0.320. The van der Waals surface area contributed by atoms with Crippen LogP contribution in [0.1, 0.15) is 27.2 Å². The van der Waals surface area contributed by atoms with Crippen molar-refractivity contribution in [2.45, 2.75) is 38.8 Å². The average molecular weight is 219 g/mol. The molecule has 2 N–H and O–H groups in total. The first kappa shape index (κ1) is 14.2. The Morgan fingerprint density at radius 1 is 1.47 bits per heavy atom. The quantitative estimate of drug-likeness (QED) is 0.721. The zero-order valence-corrected chi connectivity index (χ0v) is 9.87. The lowest BCUT2D eigenvalue weighted by molar-refractivity contribution is 0.0466. The fourth-order valence-electron chi connectivity index (χ4n) is 0.943. The van der Waals surface area contributed by atoms with E-state index in [0.29, 0.717) is 13.0 Å². The second-order valence-corrected chi connectivity index (χ2v) is 4.31. The largest absolute Gasteiger partial charge is 0.444 e. The number of alkyl carbamates (subject to hydrolysis) is 1. The number of hydrogen-bond donors (Lipinski definition) is 2. The molecule has 0 heterocycles. The number of nitrogens with one attached hydrogen (secondary N) is 1. The molecule has 0 bridgehead atoms. The number of aliphatic hydroxyl groups is 1. The zero-order valence-electron chi connectivity index (χ0n) is 9.87. The number of rotatable bonds is 5. The molecule has 0 aromatic rings. The molecule has 1 atom stereocenters. The summed E-state index contributed by atoms with van der Waals surface area (Å²) in [7, 11) is 1.57. The summed E-state index contributed by atoms with van der Waals surface area (Å²) in [5, 5.41) is 11.5. The lowest BCUT2D eigenvalue weighted by Crippen LogP contribution is -2.41. The Bertz CT molecular complexity index is 188. The minimum atomic E-state index is -0.522. The van der Waals surface area contributed by atoms with E-state index < -0.39 is 11.7 Å². The molecule has 5 nitrogen and oxygen atoms in total. The fourth-order valence-corrected chi connectivity index (χ4v) is 0.943. The van der Waals surface area contributed by atoms with Crippen molar-refractivity contribution in [2.24, 2.45) is 0 Å². The first-order valence-electron chi connectivity index (χ1n) is 4.98. The molecule has 0 aliphatic heterocycles. The highest BCUT2D eigenvalue weighted by molar-refractivity contribution is 5.68. The van der Waals surface area contributed by atoms with Gasteiger partial charge in [0.25, 0.3) is 0 Å². The molecule has 1 amide bonds. The van der Waals surface area contributed by atoms with Crippen LogP contribution in [0.4, 0.5) is 4.79 Å². The second-order valence-electron chi connectivity index (χ2n) is 4.31. The van der Waals surface area contributed by atoms with E-state index in [1.165, 1.54) is 0 Å². The van der Waals surface area contributed by atoms with Crippen molar-refractivity contribution < 1.29 is 19.4 Å². The van der Waals surface area contributed by atoms with Gasteiger partial charge >= 0.3 is 6.09 Å². The maximum Gasteiger partial charge on any atom is 0.407 e. The van der Waals surface area contributed by atoms with Crippen LogP contribution in [0.15, 0.2) is 0 Å². The number of methoxy groups -OCH3 is 1. The number of carbonyl (C=O) groups excluding carboxylic acids is 1. The molecule has 0 aromatic heterocycles. The van der Waals surface area contributed by atoms with Crippen LogP contribution in [0.25, 0.3) is 0 Å². The van der Waals surface area contributed by atoms with Crippen molar-refractivity contribution in [3.8, 4) is 0 Å². The predicted octanol–water partition coefficient (Wildman–Crippen LogP) is 0.908. The van der Waals surface area contributed by atoms with Gasteiger partial charge in [0.2, 0.25) is 0 Å². The van der Waals surface area contributed by atoms with E-state index in [0.717, 1.165) is 0 Å². The Hall–Kier alpha value is -0.810. The van der Waals surface area contributed by atoms with Crippen LogP contribution in [-0.4, -0.2) is 43.2 Å². The third kappa shape index (κ3) is 8.20. The number of ether oxygens (including phenoxy) is 2. The standard InChI is InChI=1S/C10H21NO4/c1-10(2,3)15-9(13)11-8(7-12)5-6-14-4/h8,12H,5-7H2,1-4H3,(H,11,13). The van der Waals surface area contributed by atoms with Crippen LogP contribution in [0.5, 0.6) is 0 Å². The van der Waals surface area contributed by atoms with Crippen molar-refractivity contribution in [2.75, 3.05) is 20.3 Å². The van der Waals surface area contributed by atoms with Gasteiger partial charge < -0.3 is 19.9 Å². The number of amides is 1. The molecule has 0 radical (unpaired) electrons. The molecule has 1 unspecified atom stereocenters. The Morgan fingerprint density at radius 2 is 2.07 bits per heavy atom. The van der Waals surface area contributed by atoms with Gasteiger partial charge in [0.15, 0.2) is 0 Å². The molecule has 0 spiro atoms. The lowest BCUT2D eigenvalue weighted by Gasteiger charge is -2.22. The number of aliphatic hydroxyl groups excluding tert-OH is 1. The molecule has 0 aliphatic rings. The van der Waals surface area contributed by atoms with Gasteiger partial charge in [0.05, 0.1) is 12.6 Å². The number of hydrogen-bond acceptors (Lipinski definition) is 4. The molecular formula is C10H21NO4. The van der Waals surface area contributed by atoms with Gasteiger partial charge in [-0.2, -0.15) is 0 Å². The van der Waals surface area contributed by atoms with Crippen LogP contribution in [0.2, 0.25) is 0 Å². The minimum absolute atomic E-state index is 0.122. The molecule has 0 saturated heterocycles.